The third-order valence-corrected chi connectivity index (χ3v) is 3.55. The summed E-state index contributed by atoms with van der Waals surface area (Å²) in [5, 5.41) is 3.84. The SMILES string of the molecule is COc1cc(Cl)c(CCNC(=O)c2ccccn2)cc1Cl. The molecule has 1 amide bonds. The average molecular weight is 325 g/mol. The van der Waals surface area contributed by atoms with Crippen molar-refractivity contribution in [3.05, 3.63) is 57.8 Å². The number of halogens is 2. The van der Waals surface area contributed by atoms with Crippen LogP contribution in [0.3, 0.4) is 0 Å². The smallest absolute Gasteiger partial charge is 0.269 e. The maximum absolute atomic E-state index is 11.8. The average Bonchev–Trinajstić information content (AvgIpc) is 2.51. The topological polar surface area (TPSA) is 51.2 Å². The number of hydrogen-bond donors (Lipinski definition) is 1. The molecular formula is C15H14Cl2N2O2. The first-order valence-corrected chi connectivity index (χ1v) is 7.08. The van der Waals surface area contributed by atoms with E-state index in [1.54, 1.807) is 36.5 Å². The van der Waals surface area contributed by atoms with E-state index in [4.69, 9.17) is 27.9 Å². The van der Waals surface area contributed by atoms with Gasteiger partial charge in [0.25, 0.3) is 5.91 Å². The number of ether oxygens (including phenoxy) is 1. The normalized spacial score (nSPS) is 10.2. The predicted molar refractivity (Wildman–Crippen MR) is 83.3 cm³/mol. The molecule has 1 aromatic carbocycles. The van der Waals surface area contributed by atoms with Crippen LogP contribution in [0.5, 0.6) is 5.75 Å². The van der Waals surface area contributed by atoms with Gasteiger partial charge in [-0.15, -0.1) is 0 Å². The zero-order valence-corrected chi connectivity index (χ0v) is 12.9. The second-order valence-corrected chi connectivity index (χ2v) is 5.11. The number of amides is 1. The van der Waals surface area contributed by atoms with Crippen molar-refractivity contribution in [3.8, 4) is 5.75 Å². The Morgan fingerprint density at radius 2 is 2.10 bits per heavy atom. The fourth-order valence-corrected chi connectivity index (χ4v) is 2.33. The molecule has 0 spiro atoms. The molecule has 6 heteroatoms. The second kappa shape index (κ2) is 7.29. The Morgan fingerprint density at radius 3 is 2.76 bits per heavy atom. The first kappa shape index (κ1) is 15.6. The summed E-state index contributed by atoms with van der Waals surface area (Å²) in [7, 11) is 1.53. The van der Waals surface area contributed by atoms with E-state index < -0.39 is 0 Å². The molecule has 0 unspecified atom stereocenters. The van der Waals surface area contributed by atoms with Crippen molar-refractivity contribution in [1.29, 1.82) is 0 Å². The standard InChI is InChI=1S/C15H14Cl2N2O2/c1-21-14-9-11(16)10(8-12(14)17)5-7-19-15(20)13-4-2-3-6-18-13/h2-4,6,8-9H,5,7H2,1H3,(H,19,20). The Morgan fingerprint density at radius 1 is 1.29 bits per heavy atom. The molecule has 1 aromatic heterocycles. The van der Waals surface area contributed by atoms with Gasteiger partial charge in [-0.05, 0) is 30.2 Å². The van der Waals surface area contributed by atoms with Gasteiger partial charge in [0.05, 0.1) is 12.1 Å². The minimum atomic E-state index is -0.216. The molecule has 0 aliphatic rings. The highest BCUT2D eigenvalue weighted by Gasteiger charge is 2.09. The molecule has 1 heterocycles. The minimum Gasteiger partial charge on any atom is -0.495 e. The molecule has 0 bridgehead atoms. The van der Waals surface area contributed by atoms with Gasteiger partial charge in [0.2, 0.25) is 0 Å². The van der Waals surface area contributed by atoms with E-state index in [9.17, 15) is 4.79 Å². The Kier molecular flexibility index (Phi) is 5.42. The van der Waals surface area contributed by atoms with Gasteiger partial charge in [0.15, 0.2) is 0 Å². The zero-order valence-electron chi connectivity index (χ0n) is 11.4. The molecule has 0 aliphatic heterocycles. The van der Waals surface area contributed by atoms with Gasteiger partial charge in [-0.3, -0.25) is 9.78 Å². The highest BCUT2D eigenvalue weighted by Crippen LogP contribution is 2.30. The van der Waals surface area contributed by atoms with E-state index in [1.165, 1.54) is 7.11 Å². The Hall–Kier alpha value is -1.78. The molecular weight excluding hydrogens is 311 g/mol. The number of methoxy groups -OCH3 is 1. The molecule has 0 aliphatic carbocycles. The van der Waals surface area contributed by atoms with Crippen molar-refractivity contribution in [3.63, 3.8) is 0 Å². The lowest BCUT2D eigenvalue weighted by Crippen LogP contribution is -2.26. The van der Waals surface area contributed by atoms with Crippen LogP contribution in [0.1, 0.15) is 16.1 Å². The molecule has 21 heavy (non-hydrogen) atoms. The van der Waals surface area contributed by atoms with Crippen LogP contribution in [0, 0.1) is 0 Å². The van der Waals surface area contributed by atoms with E-state index in [0.29, 0.717) is 34.5 Å². The van der Waals surface area contributed by atoms with E-state index >= 15 is 0 Å². The van der Waals surface area contributed by atoms with Gasteiger partial charge in [-0.2, -0.15) is 0 Å². The second-order valence-electron chi connectivity index (χ2n) is 4.30. The fourth-order valence-electron chi connectivity index (χ4n) is 1.82. The molecule has 110 valence electrons. The summed E-state index contributed by atoms with van der Waals surface area (Å²) in [6.07, 6.45) is 2.15. The van der Waals surface area contributed by atoms with Gasteiger partial charge in [-0.25, -0.2) is 0 Å². The molecule has 4 nitrogen and oxygen atoms in total. The number of hydrogen-bond acceptors (Lipinski definition) is 3. The fraction of sp³-hybridized carbons (Fsp3) is 0.200. The van der Waals surface area contributed by atoms with E-state index in [1.807, 2.05) is 0 Å². The molecule has 0 saturated heterocycles. The predicted octanol–water partition coefficient (Wildman–Crippen LogP) is 3.37. The summed E-state index contributed by atoms with van der Waals surface area (Å²) >= 11 is 12.2. The van der Waals surface area contributed by atoms with E-state index in [-0.39, 0.29) is 5.91 Å². The Bertz CT molecular complexity index is 633. The Labute approximate surface area is 133 Å². The molecule has 2 aromatic rings. The van der Waals surface area contributed by atoms with Gasteiger partial charge in [0, 0.05) is 23.8 Å². The molecule has 2 rings (SSSR count). The highest BCUT2D eigenvalue weighted by molar-refractivity contribution is 6.34. The first-order valence-electron chi connectivity index (χ1n) is 6.33. The number of rotatable bonds is 5. The highest BCUT2D eigenvalue weighted by atomic mass is 35.5. The van der Waals surface area contributed by atoms with Crippen LogP contribution in [0.25, 0.3) is 0 Å². The van der Waals surface area contributed by atoms with Crippen LogP contribution in [-0.4, -0.2) is 24.5 Å². The monoisotopic (exact) mass is 324 g/mol. The van der Waals surface area contributed by atoms with Crippen LogP contribution in [0.2, 0.25) is 10.0 Å². The van der Waals surface area contributed by atoms with Crippen molar-refractivity contribution >= 4 is 29.1 Å². The van der Waals surface area contributed by atoms with Crippen LogP contribution < -0.4 is 10.1 Å². The van der Waals surface area contributed by atoms with Crippen LogP contribution in [0.15, 0.2) is 36.5 Å². The summed E-state index contributed by atoms with van der Waals surface area (Å²) in [4.78, 5) is 15.8. The summed E-state index contributed by atoms with van der Waals surface area (Å²) in [5.74, 6) is 0.314. The number of nitrogens with zero attached hydrogens (tertiary/aromatic N) is 1. The van der Waals surface area contributed by atoms with Crippen LogP contribution in [-0.2, 0) is 6.42 Å². The summed E-state index contributed by atoms with van der Waals surface area (Å²) in [6, 6.07) is 8.60. The van der Waals surface area contributed by atoms with Crippen molar-refractivity contribution in [2.45, 2.75) is 6.42 Å². The molecule has 0 fully saturated rings. The zero-order chi connectivity index (χ0) is 15.2. The van der Waals surface area contributed by atoms with Crippen molar-refractivity contribution in [2.24, 2.45) is 0 Å². The van der Waals surface area contributed by atoms with Crippen LogP contribution >= 0.6 is 23.2 Å². The lowest BCUT2D eigenvalue weighted by molar-refractivity contribution is 0.0949. The molecule has 0 atom stereocenters. The number of carbonyl (C=O) groups is 1. The summed E-state index contributed by atoms with van der Waals surface area (Å²) in [5.41, 5.74) is 1.24. The lowest BCUT2D eigenvalue weighted by Gasteiger charge is -2.09. The number of pyridine rings is 1. The van der Waals surface area contributed by atoms with Crippen LogP contribution in [0.4, 0.5) is 0 Å². The number of nitrogens with one attached hydrogen (secondary N) is 1. The largest absolute Gasteiger partial charge is 0.495 e. The molecule has 1 N–H and O–H groups in total. The molecule has 0 saturated carbocycles. The van der Waals surface area contributed by atoms with Gasteiger partial charge >= 0.3 is 0 Å². The summed E-state index contributed by atoms with van der Waals surface area (Å²) < 4.78 is 5.09. The molecule has 0 radical (unpaired) electrons. The quantitative estimate of drug-likeness (QED) is 0.917. The number of benzene rings is 1. The van der Waals surface area contributed by atoms with E-state index in [0.717, 1.165) is 5.56 Å². The van der Waals surface area contributed by atoms with Crippen molar-refractivity contribution in [1.82, 2.24) is 10.3 Å². The number of carbonyl (C=O) groups excluding carboxylic acids is 1. The first-order chi connectivity index (χ1) is 10.1. The number of aromatic nitrogens is 1. The maximum atomic E-state index is 11.8. The van der Waals surface area contributed by atoms with Gasteiger partial charge < -0.3 is 10.1 Å². The van der Waals surface area contributed by atoms with Crippen molar-refractivity contribution in [2.75, 3.05) is 13.7 Å². The Balaban J connectivity index is 1.95. The third kappa shape index (κ3) is 4.09. The summed E-state index contributed by atoms with van der Waals surface area (Å²) in [6.45, 7) is 0.442. The lowest BCUT2D eigenvalue weighted by atomic mass is 10.1. The van der Waals surface area contributed by atoms with Gasteiger partial charge in [0.1, 0.15) is 11.4 Å². The third-order valence-electron chi connectivity index (χ3n) is 2.90. The maximum Gasteiger partial charge on any atom is 0.269 e. The van der Waals surface area contributed by atoms with E-state index in [2.05, 4.69) is 10.3 Å². The minimum absolute atomic E-state index is 0.216. The van der Waals surface area contributed by atoms with Gasteiger partial charge in [-0.1, -0.05) is 29.3 Å². The van der Waals surface area contributed by atoms with Crippen molar-refractivity contribution < 1.29 is 9.53 Å².